The summed E-state index contributed by atoms with van der Waals surface area (Å²) in [7, 11) is 1.37. The summed E-state index contributed by atoms with van der Waals surface area (Å²) in [6.45, 7) is 3.57. The molecule has 0 aliphatic carbocycles. The maximum atomic E-state index is 11.3. The minimum Gasteiger partial charge on any atom is -0.468 e. The topological polar surface area (TPSA) is 66.2 Å². The quantitative estimate of drug-likeness (QED) is 0.710. The van der Waals surface area contributed by atoms with E-state index in [2.05, 4.69) is 15.8 Å². The summed E-state index contributed by atoms with van der Waals surface area (Å²) in [6.07, 6.45) is 2.52. The molecule has 0 aliphatic heterocycles. The van der Waals surface area contributed by atoms with Crippen molar-refractivity contribution >= 4 is 5.97 Å². The second kappa shape index (κ2) is 7.41. The average Bonchev–Trinajstić information content (AvgIpc) is 2.39. The molecule has 0 amide bonds. The van der Waals surface area contributed by atoms with Crippen LogP contribution >= 0.6 is 0 Å². The van der Waals surface area contributed by atoms with Crippen molar-refractivity contribution in [2.24, 2.45) is 0 Å². The number of pyridine rings is 1. The van der Waals surface area contributed by atoms with Crippen LogP contribution in [0.3, 0.4) is 0 Å². The predicted octanol–water partition coefficient (Wildman–Crippen LogP) is 1.34. The second-order valence-corrected chi connectivity index (χ2v) is 3.91. The van der Waals surface area contributed by atoms with Crippen molar-refractivity contribution in [2.45, 2.75) is 19.9 Å². The first kappa shape index (κ1) is 14.1. The normalized spacial score (nSPS) is 10.1. The minimum atomic E-state index is -0.272. The van der Waals surface area contributed by atoms with Gasteiger partial charge in [0, 0.05) is 18.3 Å². The monoisotopic (exact) mass is 247 g/mol. The Morgan fingerprint density at radius 3 is 3.00 bits per heavy atom. The Kier molecular flexibility index (Phi) is 5.81. The molecule has 0 aromatic carbocycles. The van der Waals surface area contributed by atoms with Crippen molar-refractivity contribution in [2.75, 3.05) is 20.2 Å². The molecule has 1 aromatic rings. The number of nitriles is 1. The highest BCUT2D eigenvalue weighted by Gasteiger charge is 2.13. The van der Waals surface area contributed by atoms with E-state index in [1.54, 1.807) is 12.3 Å². The van der Waals surface area contributed by atoms with Gasteiger partial charge in [-0.15, -0.1) is 0 Å². The van der Waals surface area contributed by atoms with Gasteiger partial charge in [0.25, 0.3) is 0 Å². The summed E-state index contributed by atoms with van der Waals surface area (Å²) in [5.41, 5.74) is 1.24. The Balaban J connectivity index is 2.76. The molecule has 0 fully saturated rings. The largest absolute Gasteiger partial charge is 0.468 e. The number of hydrogen-bond acceptors (Lipinski definition) is 5. The molecule has 0 N–H and O–H groups in total. The molecular weight excluding hydrogens is 230 g/mol. The van der Waals surface area contributed by atoms with E-state index in [1.807, 2.05) is 17.9 Å². The van der Waals surface area contributed by atoms with Crippen LogP contribution in [-0.4, -0.2) is 36.1 Å². The zero-order valence-electron chi connectivity index (χ0n) is 10.7. The van der Waals surface area contributed by atoms with Crippen molar-refractivity contribution in [3.05, 3.63) is 29.6 Å². The average molecular weight is 247 g/mol. The van der Waals surface area contributed by atoms with Gasteiger partial charge in [-0.1, -0.05) is 13.0 Å². The Hall–Kier alpha value is -1.93. The molecule has 0 saturated heterocycles. The Morgan fingerprint density at radius 2 is 2.39 bits per heavy atom. The highest BCUT2D eigenvalue weighted by atomic mass is 16.5. The first-order valence-corrected chi connectivity index (χ1v) is 5.84. The van der Waals surface area contributed by atoms with E-state index in [-0.39, 0.29) is 12.5 Å². The molecule has 1 heterocycles. The lowest BCUT2D eigenvalue weighted by molar-refractivity contribution is -0.142. The van der Waals surface area contributed by atoms with Crippen LogP contribution in [0.2, 0.25) is 0 Å². The van der Waals surface area contributed by atoms with Gasteiger partial charge in [0.05, 0.1) is 13.7 Å². The van der Waals surface area contributed by atoms with Crippen molar-refractivity contribution in [1.82, 2.24) is 9.88 Å². The summed E-state index contributed by atoms with van der Waals surface area (Å²) in [5, 5.41) is 8.97. The minimum absolute atomic E-state index is 0.226. The summed E-state index contributed by atoms with van der Waals surface area (Å²) >= 11 is 0. The maximum absolute atomic E-state index is 11.3. The van der Waals surface area contributed by atoms with Gasteiger partial charge in [-0.3, -0.25) is 9.69 Å². The SMILES string of the molecule is CCCN(CC(=O)OC)Cc1cccnc1C#N. The molecule has 5 nitrogen and oxygen atoms in total. The molecule has 1 aromatic heterocycles. The predicted molar refractivity (Wildman–Crippen MR) is 66.5 cm³/mol. The maximum Gasteiger partial charge on any atom is 0.319 e. The van der Waals surface area contributed by atoms with Crippen LogP contribution in [0.4, 0.5) is 0 Å². The summed E-state index contributed by atoms with van der Waals surface area (Å²) in [6, 6.07) is 5.70. The summed E-state index contributed by atoms with van der Waals surface area (Å²) in [4.78, 5) is 17.3. The van der Waals surface area contributed by atoms with Crippen molar-refractivity contribution in [3.8, 4) is 6.07 Å². The van der Waals surface area contributed by atoms with Crippen LogP contribution in [0.15, 0.2) is 18.3 Å². The lowest BCUT2D eigenvalue weighted by Gasteiger charge is -2.20. The zero-order chi connectivity index (χ0) is 13.4. The van der Waals surface area contributed by atoms with E-state index < -0.39 is 0 Å². The van der Waals surface area contributed by atoms with Crippen LogP contribution < -0.4 is 0 Å². The molecule has 96 valence electrons. The van der Waals surface area contributed by atoms with Gasteiger partial charge in [-0.2, -0.15) is 5.26 Å². The molecule has 1 rings (SSSR count). The van der Waals surface area contributed by atoms with Gasteiger partial charge in [-0.25, -0.2) is 4.98 Å². The molecule has 0 bridgehead atoms. The fraction of sp³-hybridized carbons (Fsp3) is 0.462. The summed E-state index contributed by atoms with van der Waals surface area (Å²) < 4.78 is 4.66. The molecule has 0 saturated carbocycles. The van der Waals surface area contributed by atoms with E-state index >= 15 is 0 Å². The molecule has 0 spiro atoms. The summed E-state index contributed by atoms with van der Waals surface area (Å²) in [5.74, 6) is -0.272. The fourth-order valence-corrected chi connectivity index (χ4v) is 1.69. The first-order valence-electron chi connectivity index (χ1n) is 5.84. The lowest BCUT2D eigenvalue weighted by atomic mass is 10.2. The van der Waals surface area contributed by atoms with Gasteiger partial charge in [0.2, 0.25) is 0 Å². The molecule has 0 radical (unpaired) electrons. The molecule has 0 unspecified atom stereocenters. The van der Waals surface area contributed by atoms with Crippen LogP contribution in [0.25, 0.3) is 0 Å². The van der Waals surface area contributed by atoms with Crippen LogP contribution in [0, 0.1) is 11.3 Å². The Bertz CT molecular complexity index is 440. The number of nitrogens with zero attached hydrogens (tertiary/aromatic N) is 3. The van der Waals surface area contributed by atoms with Gasteiger partial charge < -0.3 is 4.74 Å². The highest BCUT2D eigenvalue weighted by Crippen LogP contribution is 2.08. The molecular formula is C13H17N3O2. The number of ether oxygens (including phenoxy) is 1. The van der Waals surface area contributed by atoms with Gasteiger partial charge in [0.15, 0.2) is 0 Å². The van der Waals surface area contributed by atoms with E-state index in [4.69, 9.17) is 5.26 Å². The Labute approximate surface area is 107 Å². The van der Waals surface area contributed by atoms with Gasteiger partial charge >= 0.3 is 5.97 Å². The molecule has 0 atom stereocenters. The number of methoxy groups -OCH3 is 1. The third-order valence-electron chi connectivity index (χ3n) is 2.51. The number of hydrogen-bond donors (Lipinski definition) is 0. The number of carbonyl (C=O) groups excluding carboxylic acids is 1. The lowest BCUT2D eigenvalue weighted by Crippen LogP contribution is -2.31. The molecule has 5 heteroatoms. The Morgan fingerprint density at radius 1 is 1.61 bits per heavy atom. The van der Waals surface area contributed by atoms with Crippen molar-refractivity contribution < 1.29 is 9.53 Å². The van der Waals surface area contributed by atoms with E-state index in [9.17, 15) is 4.79 Å². The third kappa shape index (κ3) is 4.15. The van der Waals surface area contributed by atoms with Crippen LogP contribution in [0.5, 0.6) is 0 Å². The number of rotatable bonds is 6. The zero-order valence-corrected chi connectivity index (χ0v) is 10.7. The van der Waals surface area contributed by atoms with E-state index in [0.29, 0.717) is 12.2 Å². The number of aromatic nitrogens is 1. The van der Waals surface area contributed by atoms with E-state index in [0.717, 1.165) is 18.5 Å². The third-order valence-corrected chi connectivity index (χ3v) is 2.51. The van der Waals surface area contributed by atoms with Crippen molar-refractivity contribution in [3.63, 3.8) is 0 Å². The fourth-order valence-electron chi connectivity index (χ4n) is 1.69. The van der Waals surface area contributed by atoms with Crippen molar-refractivity contribution in [1.29, 1.82) is 5.26 Å². The van der Waals surface area contributed by atoms with Crippen LogP contribution in [0.1, 0.15) is 24.6 Å². The van der Waals surface area contributed by atoms with Gasteiger partial charge in [0.1, 0.15) is 11.8 Å². The second-order valence-electron chi connectivity index (χ2n) is 3.91. The van der Waals surface area contributed by atoms with Crippen LogP contribution in [-0.2, 0) is 16.1 Å². The number of esters is 1. The standard InChI is InChI=1S/C13H17N3O2/c1-3-7-16(10-13(17)18-2)9-11-5-4-6-15-12(11)8-14/h4-6H,3,7,9-10H2,1-2H3. The molecule has 0 aliphatic rings. The van der Waals surface area contributed by atoms with E-state index in [1.165, 1.54) is 7.11 Å². The number of carbonyl (C=O) groups is 1. The molecule has 18 heavy (non-hydrogen) atoms. The van der Waals surface area contributed by atoms with Gasteiger partial charge in [-0.05, 0) is 19.0 Å². The smallest absolute Gasteiger partial charge is 0.319 e. The highest BCUT2D eigenvalue weighted by molar-refractivity contribution is 5.71. The first-order chi connectivity index (χ1) is 8.71.